The molecule has 0 heterocycles. The van der Waals surface area contributed by atoms with Crippen LogP contribution in [-0.4, -0.2) is 8.80 Å². The van der Waals surface area contributed by atoms with E-state index in [0.29, 0.717) is 0 Å². The Balaban J connectivity index is 0.000000619. The second-order valence-electron chi connectivity index (χ2n) is 5.48. The van der Waals surface area contributed by atoms with Gasteiger partial charge in [-0.3, -0.25) is 0 Å². The van der Waals surface area contributed by atoms with Gasteiger partial charge in [0.05, 0.1) is 0 Å². The van der Waals surface area contributed by atoms with Gasteiger partial charge in [0.25, 0.3) is 0 Å². The molecule has 0 N–H and O–H groups in total. The van der Waals surface area contributed by atoms with E-state index in [4.69, 9.17) is 9.30 Å². The van der Waals surface area contributed by atoms with Gasteiger partial charge in [0.2, 0.25) is 0 Å². The zero-order valence-electron chi connectivity index (χ0n) is 15.5. The molecule has 140 valence electrons. The van der Waals surface area contributed by atoms with Crippen molar-refractivity contribution in [2.75, 3.05) is 0 Å². The van der Waals surface area contributed by atoms with E-state index in [2.05, 4.69) is 92.6 Å². The number of rotatable bonds is 2. The Morgan fingerprint density at radius 3 is 1.64 bits per heavy atom. The number of fused-ring (bicyclic) bond motifs is 1. The molecule has 0 amide bonds. The van der Waals surface area contributed by atoms with E-state index in [0.717, 1.165) is 0 Å². The van der Waals surface area contributed by atoms with Crippen molar-refractivity contribution in [3.05, 3.63) is 118 Å². The summed E-state index contributed by atoms with van der Waals surface area (Å²) in [7, 11) is -0.670. The standard InChI is InChI=1S/C17H15Si.C5H5.2CO.Fe/c1-18(15-10-3-2-4-11-15)17-13-7-9-14-8-5-6-12-16(14)17;1-2-4-5-3-1;2*1-2;/h2-13H,1H3;1-5H;;;. The zero-order valence-corrected chi connectivity index (χ0v) is 17.6. The first-order chi connectivity index (χ1) is 13.4. The second kappa shape index (κ2) is 16.1. The van der Waals surface area contributed by atoms with Crippen LogP contribution in [0, 0.1) is 45.4 Å². The van der Waals surface area contributed by atoms with Crippen molar-refractivity contribution in [2.45, 2.75) is 6.55 Å². The van der Waals surface area contributed by atoms with Crippen LogP contribution in [0.4, 0.5) is 0 Å². The van der Waals surface area contributed by atoms with Crippen LogP contribution in [0.15, 0.2) is 72.8 Å². The van der Waals surface area contributed by atoms with Crippen molar-refractivity contribution in [2.24, 2.45) is 0 Å². The van der Waals surface area contributed by atoms with Crippen LogP contribution in [-0.2, 0) is 26.4 Å². The van der Waals surface area contributed by atoms with Gasteiger partial charge in [-0.05, 0) is 48.1 Å². The molecule has 6 radical (unpaired) electrons. The maximum Gasteiger partial charge on any atom is 0 e. The summed E-state index contributed by atoms with van der Waals surface area (Å²) in [5.74, 6) is 0. The first-order valence-corrected chi connectivity index (χ1v) is 10.3. The van der Waals surface area contributed by atoms with E-state index in [1.54, 1.807) is 0 Å². The summed E-state index contributed by atoms with van der Waals surface area (Å²) in [6, 6.07) is 26.2. The summed E-state index contributed by atoms with van der Waals surface area (Å²) < 4.78 is 15.0. The molecule has 1 aliphatic carbocycles. The number of hydrogen-bond donors (Lipinski definition) is 0. The van der Waals surface area contributed by atoms with E-state index in [9.17, 15) is 0 Å². The van der Waals surface area contributed by atoms with Crippen molar-refractivity contribution in [3.63, 3.8) is 0 Å². The van der Waals surface area contributed by atoms with E-state index in [1.165, 1.54) is 21.1 Å². The Labute approximate surface area is 180 Å². The van der Waals surface area contributed by atoms with Crippen LogP contribution in [0.5, 0.6) is 0 Å². The van der Waals surface area contributed by atoms with Gasteiger partial charge in [-0.25, -0.2) is 0 Å². The first-order valence-electron chi connectivity index (χ1n) is 8.31. The van der Waals surface area contributed by atoms with Gasteiger partial charge in [-0.15, -0.1) is 0 Å². The molecule has 4 heteroatoms. The minimum Gasteiger partial charge on any atom is -0.0312 e. The fraction of sp³-hybridized carbons (Fsp3) is 0.0417. The fourth-order valence-corrected chi connectivity index (χ4v) is 4.70. The molecular weight excluding hydrogens is 404 g/mol. The molecule has 4 rings (SSSR count). The molecule has 3 aromatic rings. The Bertz CT molecular complexity index is 808. The number of benzene rings is 3. The Kier molecular flexibility index (Phi) is 15.1. The molecule has 1 saturated carbocycles. The van der Waals surface area contributed by atoms with Crippen LogP contribution in [0.25, 0.3) is 10.8 Å². The van der Waals surface area contributed by atoms with Crippen LogP contribution in [0.2, 0.25) is 6.55 Å². The van der Waals surface area contributed by atoms with Gasteiger partial charge in [0, 0.05) is 17.1 Å². The summed E-state index contributed by atoms with van der Waals surface area (Å²) in [6.07, 6.45) is 10.0. The molecule has 28 heavy (non-hydrogen) atoms. The summed E-state index contributed by atoms with van der Waals surface area (Å²) in [4.78, 5) is 0. The van der Waals surface area contributed by atoms with Crippen LogP contribution in [0.1, 0.15) is 0 Å². The molecule has 0 atom stereocenters. The topological polar surface area (TPSA) is 39.8 Å². The molecular formula is C24H20FeO2Si. The zero-order chi connectivity index (χ0) is 19.9. The molecule has 3 aromatic carbocycles. The van der Waals surface area contributed by atoms with E-state index < -0.39 is 8.80 Å². The molecule has 0 aromatic heterocycles. The summed E-state index contributed by atoms with van der Waals surface area (Å²) in [6.45, 7) is 11.4. The van der Waals surface area contributed by atoms with Crippen molar-refractivity contribution < 1.29 is 26.4 Å². The Hall–Kier alpha value is -1.86. The van der Waals surface area contributed by atoms with Gasteiger partial charge in [0.15, 0.2) is 0 Å². The molecule has 0 aliphatic heterocycles. The van der Waals surface area contributed by atoms with Crippen LogP contribution >= 0.6 is 0 Å². The van der Waals surface area contributed by atoms with Crippen LogP contribution < -0.4 is 10.4 Å². The third-order valence-electron chi connectivity index (χ3n) is 3.96. The van der Waals surface area contributed by atoms with Crippen molar-refractivity contribution in [1.29, 1.82) is 0 Å². The largest absolute Gasteiger partial charge is 0.0312 e. The Morgan fingerprint density at radius 1 is 0.607 bits per heavy atom. The van der Waals surface area contributed by atoms with E-state index in [-0.39, 0.29) is 17.1 Å². The first kappa shape index (κ1) is 26.1. The third kappa shape index (κ3) is 8.02. The quantitative estimate of drug-likeness (QED) is 0.339. The minimum absolute atomic E-state index is 0. The SMILES string of the molecule is C[Si](c1ccccc1)c1cccc2ccccc12.[C-]#[O+].[C-]#[O+].[CH]1[CH][CH][CH][CH]1.[Fe]. The summed E-state index contributed by atoms with van der Waals surface area (Å²) in [5, 5.41) is 5.72. The maximum atomic E-state index is 7.50. The predicted molar refractivity (Wildman–Crippen MR) is 111 cm³/mol. The summed E-state index contributed by atoms with van der Waals surface area (Å²) >= 11 is 0. The average Bonchev–Trinajstić information content (AvgIpc) is 3.37. The number of hydrogen-bond acceptors (Lipinski definition) is 0. The van der Waals surface area contributed by atoms with Gasteiger partial charge in [-0.2, -0.15) is 0 Å². The van der Waals surface area contributed by atoms with Gasteiger partial charge in [-0.1, -0.05) is 84.5 Å². The van der Waals surface area contributed by atoms with Crippen molar-refractivity contribution >= 4 is 29.9 Å². The van der Waals surface area contributed by atoms with Crippen LogP contribution in [0.3, 0.4) is 0 Å². The molecule has 2 nitrogen and oxygen atoms in total. The molecule has 0 bridgehead atoms. The fourth-order valence-electron chi connectivity index (χ4n) is 2.72. The molecule has 0 saturated heterocycles. The molecule has 1 fully saturated rings. The maximum absolute atomic E-state index is 7.50. The Morgan fingerprint density at radius 2 is 1.07 bits per heavy atom. The normalized spacial score (nSPS) is 11.5. The minimum atomic E-state index is -0.670. The monoisotopic (exact) mass is 424 g/mol. The second-order valence-corrected chi connectivity index (χ2v) is 7.85. The smallest absolute Gasteiger partial charge is 0 e. The van der Waals surface area contributed by atoms with Crippen molar-refractivity contribution in [1.82, 2.24) is 0 Å². The molecule has 1 aliphatic rings. The molecule has 0 unspecified atom stereocenters. The summed E-state index contributed by atoms with van der Waals surface area (Å²) in [5.41, 5.74) is 0. The third-order valence-corrected chi connectivity index (χ3v) is 6.40. The average molecular weight is 424 g/mol. The van der Waals surface area contributed by atoms with Crippen molar-refractivity contribution in [3.8, 4) is 0 Å². The molecule has 0 spiro atoms. The van der Waals surface area contributed by atoms with Gasteiger partial charge in [0.1, 0.15) is 8.80 Å². The van der Waals surface area contributed by atoms with E-state index in [1.807, 2.05) is 32.1 Å². The van der Waals surface area contributed by atoms with Gasteiger partial charge < -0.3 is 0 Å². The van der Waals surface area contributed by atoms with E-state index >= 15 is 0 Å². The predicted octanol–water partition coefficient (Wildman–Crippen LogP) is 4.02. The van der Waals surface area contributed by atoms with Gasteiger partial charge >= 0.3 is 22.6 Å².